The van der Waals surface area contributed by atoms with Gasteiger partial charge in [0.15, 0.2) is 0 Å². The van der Waals surface area contributed by atoms with Crippen molar-refractivity contribution >= 4 is 11.7 Å². The third-order valence-electron chi connectivity index (χ3n) is 2.13. The predicted molar refractivity (Wildman–Crippen MR) is 59.4 cm³/mol. The molecule has 0 amide bonds. The van der Waals surface area contributed by atoms with Crippen LogP contribution in [-0.4, -0.2) is 18.3 Å². The molecule has 0 saturated heterocycles. The topological polar surface area (TPSA) is 50.2 Å². The van der Waals surface area contributed by atoms with E-state index in [-0.39, 0.29) is 5.71 Å². The van der Waals surface area contributed by atoms with Crippen molar-refractivity contribution in [3.63, 3.8) is 0 Å². The van der Waals surface area contributed by atoms with E-state index in [2.05, 4.69) is 0 Å². The summed E-state index contributed by atoms with van der Waals surface area (Å²) in [6.45, 7) is 5.89. The Hall–Kier alpha value is -1.64. The summed E-state index contributed by atoms with van der Waals surface area (Å²) < 4.78 is 4.78. The maximum Gasteiger partial charge on any atom is 0.356 e. The molecule has 0 spiro atoms. The summed E-state index contributed by atoms with van der Waals surface area (Å²) in [7, 11) is 0. The van der Waals surface area contributed by atoms with E-state index in [4.69, 9.17) is 10.1 Å². The standard InChI is InChI=1S/C12H15NO2/c1-4-15-12(14)11(13)10-6-5-8(2)7-9(10)3/h5-7,13H,4H2,1-3H3. The second-order valence-electron chi connectivity index (χ2n) is 3.41. The van der Waals surface area contributed by atoms with Gasteiger partial charge in [-0.05, 0) is 26.3 Å². The number of nitrogens with one attached hydrogen (secondary N) is 1. The SMILES string of the molecule is CCOC(=O)C(=N)c1ccc(C)cc1C. The van der Waals surface area contributed by atoms with Crippen LogP contribution in [0, 0.1) is 19.3 Å². The second-order valence-corrected chi connectivity index (χ2v) is 3.41. The molecular formula is C12H15NO2. The van der Waals surface area contributed by atoms with Gasteiger partial charge in [-0.25, -0.2) is 4.79 Å². The van der Waals surface area contributed by atoms with Crippen molar-refractivity contribution < 1.29 is 9.53 Å². The average molecular weight is 205 g/mol. The third kappa shape index (κ3) is 2.65. The quantitative estimate of drug-likeness (QED) is 0.607. The number of hydrogen-bond acceptors (Lipinski definition) is 3. The van der Waals surface area contributed by atoms with Crippen LogP contribution < -0.4 is 0 Å². The molecule has 0 heterocycles. The highest BCUT2D eigenvalue weighted by molar-refractivity contribution is 6.42. The van der Waals surface area contributed by atoms with Crippen molar-refractivity contribution in [1.82, 2.24) is 0 Å². The monoisotopic (exact) mass is 205 g/mol. The zero-order chi connectivity index (χ0) is 11.4. The number of carbonyl (C=O) groups is 1. The summed E-state index contributed by atoms with van der Waals surface area (Å²) in [4.78, 5) is 11.3. The van der Waals surface area contributed by atoms with Crippen LogP contribution in [0.1, 0.15) is 23.6 Å². The zero-order valence-electron chi connectivity index (χ0n) is 9.26. The summed E-state index contributed by atoms with van der Waals surface area (Å²) in [5, 5.41) is 7.68. The molecule has 1 aromatic carbocycles. The molecular weight excluding hydrogens is 190 g/mol. The van der Waals surface area contributed by atoms with E-state index in [0.717, 1.165) is 11.1 Å². The van der Waals surface area contributed by atoms with Gasteiger partial charge in [0.05, 0.1) is 6.61 Å². The Kier molecular flexibility index (Phi) is 3.61. The maximum absolute atomic E-state index is 11.3. The van der Waals surface area contributed by atoms with Gasteiger partial charge in [0.2, 0.25) is 0 Å². The molecule has 3 heteroatoms. The minimum Gasteiger partial charge on any atom is -0.461 e. The highest BCUT2D eigenvalue weighted by Crippen LogP contribution is 2.11. The molecule has 0 radical (unpaired) electrons. The van der Waals surface area contributed by atoms with Crippen LogP contribution in [-0.2, 0) is 9.53 Å². The van der Waals surface area contributed by atoms with Crippen molar-refractivity contribution in [2.45, 2.75) is 20.8 Å². The third-order valence-corrected chi connectivity index (χ3v) is 2.13. The van der Waals surface area contributed by atoms with Gasteiger partial charge in [0.25, 0.3) is 0 Å². The lowest BCUT2D eigenvalue weighted by molar-refractivity contribution is -0.135. The van der Waals surface area contributed by atoms with E-state index >= 15 is 0 Å². The van der Waals surface area contributed by atoms with Crippen LogP contribution in [0.2, 0.25) is 0 Å². The fraction of sp³-hybridized carbons (Fsp3) is 0.333. The Morgan fingerprint density at radius 3 is 2.60 bits per heavy atom. The smallest absolute Gasteiger partial charge is 0.356 e. The summed E-state index contributed by atoms with van der Waals surface area (Å²) in [6, 6.07) is 5.61. The van der Waals surface area contributed by atoms with E-state index in [1.54, 1.807) is 13.0 Å². The number of benzene rings is 1. The summed E-state index contributed by atoms with van der Waals surface area (Å²) in [5.74, 6) is -0.565. The van der Waals surface area contributed by atoms with Crippen molar-refractivity contribution in [3.05, 3.63) is 34.9 Å². The fourth-order valence-electron chi connectivity index (χ4n) is 1.41. The van der Waals surface area contributed by atoms with Gasteiger partial charge in [0, 0.05) is 5.56 Å². The van der Waals surface area contributed by atoms with Gasteiger partial charge in [-0.2, -0.15) is 0 Å². The first-order valence-corrected chi connectivity index (χ1v) is 4.89. The maximum atomic E-state index is 11.3. The molecule has 0 aromatic heterocycles. The predicted octanol–water partition coefficient (Wildman–Crippen LogP) is 2.23. The highest BCUT2D eigenvalue weighted by Gasteiger charge is 2.14. The van der Waals surface area contributed by atoms with Gasteiger partial charge < -0.3 is 4.74 Å². The molecule has 1 rings (SSSR count). The Morgan fingerprint density at radius 1 is 1.40 bits per heavy atom. The lowest BCUT2D eigenvalue weighted by Gasteiger charge is -2.07. The molecule has 0 fully saturated rings. The number of hydrogen-bond donors (Lipinski definition) is 1. The highest BCUT2D eigenvalue weighted by atomic mass is 16.5. The first-order chi connectivity index (χ1) is 7.06. The lowest BCUT2D eigenvalue weighted by atomic mass is 10.0. The van der Waals surface area contributed by atoms with Crippen LogP contribution in [0.25, 0.3) is 0 Å². The van der Waals surface area contributed by atoms with Gasteiger partial charge in [-0.15, -0.1) is 0 Å². The number of aryl methyl sites for hydroxylation is 2. The molecule has 0 bridgehead atoms. The van der Waals surface area contributed by atoms with Crippen LogP contribution in [0.5, 0.6) is 0 Å². The molecule has 0 saturated carbocycles. The largest absolute Gasteiger partial charge is 0.461 e. The summed E-state index contributed by atoms with van der Waals surface area (Å²) in [5.41, 5.74) is 2.61. The normalized spacial score (nSPS) is 9.80. The van der Waals surface area contributed by atoms with E-state index < -0.39 is 5.97 Å². The van der Waals surface area contributed by atoms with Crippen LogP contribution in [0.4, 0.5) is 0 Å². The first kappa shape index (κ1) is 11.4. The van der Waals surface area contributed by atoms with E-state index in [0.29, 0.717) is 12.2 Å². The molecule has 0 unspecified atom stereocenters. The van der Waals surface area contributed by atoms with Gasteiger partial charge in [-0.3, -0.25) is 5.41 Å². The first-order valence-electron chi connectivity index (χ1n) is 4.89. The van der Waals surface area contributed by atoms with Crippen LogP contribution in [0.3, 0.4) is 0 Å². The number of esters is 1. The minimum atomic E-state index is -0.565. The molecule has 80 valence electrons. The van der Waals surface area contributed by atoms with Crippen molar-refractivity contribution in [3.8, 4) is 0 Å². The molecule has 0 aliphatic heterocycles. The van der Waals surface area contributed by atoms with E-state index in [9.17, 15) is 4.79 Å². The van der Waals surface area contributed by atoms with Gasteiger partial charge >= 0.3 is 5.97 Å². The number of rotatable bonds is 3. The van der Waals surface area contributed by atoms with Crippen LogP contribution in [0.15, 0.2) is 18.2 Å². The summed E-state index contributed by atoms with van der Waals surface area (Å²) >= 11 is 0. The molecule has 0 aliphatic carbocycles. The summed E-state index contributed by atoms with van der Waals surface area (Å²) in [6.07, 6.45) is 0. The van der Waals surface area contributed by atoms with Crippen molar-refractivity contribution in [2.24, 2.45) is 0 Å². The number of carbonyl (C=O) groups excluding carboxylic acids is 1. The number of ether oxygens (including phenoxy) is 1. The minimum absolute atomic E-state index is 0.0747. The van der Waals surface area contributed by atoms with Gasteiger partial charge in [0.1, 0.15) is 5.71 Å². The molecule has 0 aliphatic rings. The van der Waals surface area contributed by atoms with E-state index in [1.807, 2.05) is 26.0 Å². The van der Waals surface area contributed by atoms with Gasteiger partial charge in [-0.1, -0.05) is 23.8 Å². The molecule has 3 nitrogen and oxygen atoms in total. The lowest BCUT2D eigenvalue weighted by Crippen LogP contribution is -2.18. The Morgan fingerprint density at radius 2 is 2.07 bits per heavy atom. The van der Waals surface area contributed by atoms with Crippen LogP contribution >= 0.6 is 0 Å². The van der Waals surface area contributed by atoms with Crippen molar-refractivity contribution in [1.29, 1.82) is 5.41 Å². The molecule has 1 aromatic rings. The zero-order valence-corrected chi connectivity index (χ0v) is 9.26. The molecule has 1 N–H and O–H groups in total. The fourth-order valence-corrected chi connectivity index (χ4v) is 1.41. The molecule has 15 heavy (non-hydrogen) atoms. The Balaban J connectivity index is 2.96. The van der Waals surface area contributed by atoms with E-state index in [1.165, 1.54) is 0 Å². The van der Waals surface area contributed by atoms with Crippen molar-refractivity contribution in [2.75, 3.05) is 6.61 Å². The Labute approximate surface area is 89.6 Å². The molecule has 0 atom stereocenters. The Bertz CT molecular complexity index is 397. The average Bonchev–Trinajstić information content (AvgIpc) is 2.17. The second kappa shape index (κ2) is 4.73.